The van der Waals surface area contributed by atoms with Crippen molar-refractivity contribution < 1.29 is 8.57 Å². The first-order valence-corrected chi connectivity index (χ1v) is 7.21. The monoisotopic (exact) mass is 279 g/mol. The summed E-state index contributed by atoms with van der Waals surface area (Å²) in [6.45, 7) is 0. The minimum atomic E-state index is -0.549. The molecule has 0 spiro atoms. The molecule has 16 heavy (non-hydrogen) atoms. The molecule has 2 aromatic rings. The van der Waals surface area contributed by atoms with E-state index in [4.69, 9.17) is 4.74 Å². The van der Waals surface area contributed by atoms with Gasteiger partial charge in [-0.25, -0.2) is 0 Å². The fraction of sp³-hybridized carbons (Fsp3) is 0.231. The van der Waals surface area contributed by atoms with E-state index in [0.29, 0.717) is 5.32 Å². The average Bonchev–Trinajstić information content (AvgIpc) is 2.67. The first kappa shape index (κ1) is 10.0. The van der Waals surface area contributed by atoms with Crippen LogP contribution in [0.25, 0.3) is 10.8 Å². The maximum atomic E-state index is 10.7. The van der Waals surface area contributed by atoms with Crippen LogP contribution in [0, 0.1) is 0 Å². The van der Waals surface area contributed by atoms with Crippen molar-refractivity contribution in [3.8, 4) is 5.75 Å². The van der Waals surface area contributed by atoms with Crippen LogP contribution in [0.4, 0.5) is 0 Å². The van der Waals surface area contributed by atoms with Crippen LogP contribution < -0.4 is 4.74 Å². The van der Waals surface area contributed by atoms with Crippen molar-refractivity contribution in [1.82, 2.24) is 0 Å². The van der Waals surface area contributed by atoms with Crippen LogP contribution in [0.2, 0.25) is 5.32 Å². The summed E-state index contributed by atoms with van der Waals surface area (Å²) < 4.78 is 16.4. The summed E-state index contributed by atoms with van der Waals surface area (Å²) in [5.41, 5.74) is 1.24. The number of hydrogen-bond acceptors (Lipinski definition) is 2. The molecule has 0 amide bonds. The molecule has 0 aromatic heterocycles. The molecule has 0 aliphatic carbocycles. The number of benzene rings is 2. The van der Waals surface area contributed by atoms with E-state index in [0.717, 1.165) is 12.2 Å². The van der Waals surface area contributed by atoms with Gasteiger partial charge in [-0.2, -0.15) is 0 Å². The van der Waals surface area contributed by atoms with Gasteiger partial charge in [0.1, 0.15) is 0 Å². The summed E-state index contributed by atoms with van der Waals surface area (Å²) in [6, 6.07) is 12.5. The van der Waals surface area contributed by atoms with Gasteiger partial charge in [-0.3, -0.25) is 0 Å². The predicted molar refractivity (Wildman–Crippen MR) is 63.3 cm³/mol. The Hall–Kier alpha value is -1.18. The Kier molecular flexibility index (Phi) is 2.50. The Labute approximate surface area is 100.0 Å². The Morgan fingerprint density at radius 3 is 2.75 bits per heavy atom. The number of rotatable bonds is 2. The molecule has 2 aromatic carbocycles. The van der Waals surface area contributed by atoms with Crippen molar-refractivity contribution in [2.45, 2.75) is 17.8 Å². The normalized spacial score (nSPS) is 18.1. The topological polar surface area (TPSA) is 26.3 Å². The fourth-order valence-electron chi connectivity index (χ4n) is 2.17. The number of ether oxygens (including phenoxy) is 1. The summed E-state index contributed by atoms with van der Waals surface area (Å²) in [7, 11) is 0. The molecule has 81 valence electrons. The fourth-order valence-corrected chi connectivity index (χ4v) is 2.88. The molecular formula is C13H11O2Se. The van der Waals surface area contributed by atoms with Gasteiger partial charge >= 0.3 is 99.8 Å². The summed E-state index contributed by atoms with van der Waals surface area (Å²) in [6.07, 6.45) is 1.01. The first-order chi connectivity index (χ1) is 7.86. The number of hydrogen-bond donors (Lipinski definition) is 0. The summed E-state index contributed by atoms with van der Waals surface area (Å²) in [5.74, 6) is 0.966. The summed E-state index contributed by atoms with van der Waals surface area (Å²) in [5, 5.41) is 3.12. The summed E-state index contributed by atoms with van der Waals surface area (Å²) in [4.78, 5) is 0. The standard InChI is InChI=1S/C13H11O2Se/c14-16-8-12-6-11-5-9-3-1-2-4-10(9)7-13(11)15-12/h1-5,7,12H,6,8H2. The molecular weight excluding hydrogens is 267 g/mol. The van der Waals surface area contributed by atoms with Gasteiger partial charge in [0.25, 0.3) is 0 Å². The average molecular weight is 278 g/mol. The zero-order valence-electron chi connectivity index (χ0n) is 8.68. The molecule has 1 unspecified atom stereocenters. The van der Waals surface area contributed by atoms with Crippen LogP contribution >= 0.6 is 0 Å². The van der Waals surface area contributed by atoms with Gasteiger partial charge in [0.15, 0.2) is 0 Å². The molecule has 1 aliphatic heterocycles. The molecule has 0 fully saturated rings. The van der Waals surface area contributed by atoms with Crippen LogP contribution in [0.3, 0.4) is 0 Å². The molecule has 1 heterocycles. The van der Waals surface area contributed by atoms with E-state index in [1.165, 1.54) is 16.3 Å². The van der Waals surface area contributed by atoms with Crippen molar-refractivity contribution in [3.05, 3.63) is 42.0 Å². The van der Waals surface area contributed by atoms with Crippen LogP contribution in [-0.4, -0.2) is 21.0 Å². The SMILES string of the molecule is O=[Se]CC1Cc2cc3ccccc3cc2O1. The van der Waals surface area contributed by atoms with E-state index in [1.807, 2.05) is 12.1 Å². The molecule has 3 heteroatoms. The molecule has 3 rings (SSSR count). The van der Waals surface area contributed by atoms with Crippen molar-refractivity contribution in [3.63, 3.8) is 0 Å². The Balaban J connectivity index is 2.04. The number of fused-ring (bicyclic) bond motifs is 2. The molecule has 1 aliphatic rings. The zero-order chi connectivity index (χ0) is 11.0. The van der Waals surface area contributed by atoms with Crippen LogP contribution in [0.5, 0.6) is 5.75 Å². The van der Waals surface area contributed by atoms with Crippen molar-refractivity contribution in [2.75, 3.05) is 0 Å². The molecule has 2 nitrogen and oxygen atoms in total. The van der Waals surface area contributed by atoms with Crippen molar-refractivity contribution in [2.24, 2.45) is 0 Å². The van der Waals surface area contributed by atoms with Gasteiger partial charge in [0, 0.05) is 0 Å². The molecule has 0 saturated heterocycles. The minimum absolute atomic E-state index is 0.115. The van der Waals surface area contributed by atoms with E-state index >= 15 is 0 Å². The van der Waals surface area contributed by atoms with E-state index in [9.17, 15) is 3.83 Å². The predicted octanol–water partition coefficient (Wildman–Crippen LogP) is 2.61. The second-order valence-corrected chi connectivity index (χ2v) is 5.23. The van der Waals surface area contributed by atoms with Crippen LogP contribution in [0.15, 0.2) is 36.4 Å². The summed E-state index contributed by atoms with van der Waals surface area (Å²) >= 11 is -0.549. The van der Waals surface area contributed by atoms with E-state index in [2.05, 4.69) is 24.3 Å². The van der Waals surface area contributed by atoms with Gasteiger partial charge in [-0.1, -0.05) is 0 Å². The van der Waals surface area contributed by atoms with Crippen molar-refractivity contribution in [1.29, 1.82) is 0 Å². The second kappa shape index (κ2) is 4.00. The molecule has 1 radical (unpaired) electrons. The third-order valence-electron chi connectivity index (χ3n) is 2.92. The van der Waals surface area contributed by atoms with Gasteiger partial charge in [0.2, 0.25) is 0 Å². The van der Waals surface area contributed by atoms with E-state index in [1.54, 1.807) is 0 Å². The Morgan fingerprint density at radius 1 is 1.25 bits per heavy atom. The first-order valence-electron chi connectivity index (χ1n) is 5.30. The van der Waals surface area contributed by atoms with Gasteiger partial charge < -0.3 is 0 Å². The van der Waals surface area contributed by atoms with Gasteiger partial charge in [0.05, 0.1) is 0 Å². The Bertz CT molecular complexity index is 506. The third kappa shape index (κ3) is 1.66. The second-order valence-electron chi connectivity index (χ2n) is 4.04. The maximum absolute atomic E-state index is 10.7. The van der Waals surface area contributed by atoms with E-state index in [-0.39, 0.29) is 6.10 Å². The van der Waals surface area contributed by atoms with Gasteiger partial charge in [-0.15, -0.1) is 0 Å². The van der Waals surface area contributed by atoms with Crippen LogP contribution in [-0.2, 0) is 10.3 Å². The Morgan fingerprint density at radius 2 is 2.00 bits per heavy atom. The van der Waals surface area contributed by atoms with Gasteiger partial charge in [-0.05, 0) is 0 Å². The molecule has 0 saturated carbocycles. The molecule has 0 N–H and O–H groups in total. The molecule has 0 bridgehead atoms. The zero-order valence-corrected chi connectivity index (χ0v) is 10.4. The van der Waals surface area contributed by atoms with E-state index < -0.39 is 14.9 Å². The van der Waals surface area contributed by atoms with Crippen LogP contribution in [0.1, 0.15) is 5.56 Å². The third-order valence-corrected chi connectivity index (χ3v) is 3.99. The molecule has 1 atom stereocenters. The van der Waals surface area contributed by atoms with Crippen molar-refractivity contribution >= 4 is 25.7 Å². The quantitative estimate of drug-likeness (QED) is 0.789.